The molecule has 1 N–H and O–H groups in total. The van der Waals surface area contributed by atoms with E-state index in [1.54, 1.807) is 6.07 Å². The molecule has 0 saturated carbocycles. The Morgan fingerprint density at radius 1 is 1.05 bits per heavy atom. The number of halogens is 1. The molecule has 21 heavy (non-hydrogen) atoms. The number of benzene rings is 2. The molecular formula is C17H16FN3. The quantitative estimate of drug-likeness (QED) is 0.788. The minimum atomic E-state index is -0.285. The van der Waals surface area contributed by atoms with Crippen molar-refractivity contribution >= 4 is 16.7 Å². The van der Waals surface area contributed by atoms with Crippen molar-refractivity contribution in [2.45, 2.75) is 20.4 Å². The molecule has 106 valence electrons. The predicted molar refractivity (Wildman–Crippen MR) is 82.7 cm³/mol. The van der Waals surface area contributed by atoms with E-state index >= 15 is 0 Å². The van der Waals surface area contributed by atoms with Crippen molar-refractivity contribution in [3.63, 3.8) is 0 Å². The third kappa shape index (κ3) is 2.84. The van der Waals surface area contributed by atoms with E-state index in [1.165, 1.54) is 35.2 Å². The molecule has 0 spiro atoms. The Labute approximate surface area is 122 Å². The maximum Gasteiger partial charge on any atom is 0.137 e. The summed E-state index contributed by atoms with van der Waals surface area (Å²) >= 11 is 0. The predicted octanol–water partition coefficient (Wildman–Crippen LogP) is 4.00. The molecule has 3 aromatic rings. The molecule has 0 aliphatic carbocycles. The summed E-state index contributed by atoms with van der Waals surface area (Å²) in [7, 11) is 0. The molecule has 0 atom stereocenters. The minimum absolute atomic E-state index is 0.285. The van der Waals surface area contributed by atoms with Gasteiger partial charge in [-0.25, -0.2) is 14.4 Å². The number of rotatable bonds is 3. The largest absolute Gasteiger partial charge is 0.365 e. The smallest absolute Gasteiger partial charge is 0.137 e. The normalized spacial score (nSPS) is 10.8. The number of nitrogens with one attached hydrogen (secondary N) is 1. The standard InChI is InChI=1S/C17H16FN3/c1-11-3-4-13(12(2)7-11)9-19-17-15-8-14(18)5-6-16(15)20-10-21-17/h3-8,10H,9H2,1-2H3,(H,19,20,21). The minimum Gasteiger partial charge on any atom is -0.365 e. The fraction of sp³-hybridized carbons (Fsp3) is 0.176. The molecule has 0 unspecified atom stereocenters. The van der Waals surface area contributed by atoms with Crippen LogP contribution in [-0.4, -0.2) is 9.97 Å². The van der Waals surface area contributed by atoms with Crippen molar-refractivity contribution in [2.24, 2.45) is 0 Å². The Balaban J connectivity index is 1.90. The summed E-state index contributed by atoms with van der Waals surface area (Å²) in [5.74, 6) is 0.367. The van der Waals surface area contributed by atoms with Gasteiger partial charge in [0.1, 0.15) is 18.0 Å². The third-order valence-corrected chi connectivity index (χ3v) is 3.54. The van der Waals surface area contributed by atoms with E-state index in [0.29, 0.717) is 17.7 Å². The molecule has 4 heteroatoms. The van der Waals surface area contributed by atoms with Crippen LogP contribution in [0.4, 0.5) is 10.2 Å². The van der Waals surface area contributed by atoms with Gasteiger partial charge in [0.2, 0.25) is 0 Å². The lowest BCUT2D eigenvalue weighted by Gasteiger charge is -2.11. The first-order valence-corrected chi connectivity index (χ1v) is 6.84. The number of nitrogens with zero attached hydrogens (tertiary/aromatic N) is 2. The summed E-state index contributed by atoms with van der Waals surface area (Å²) in [6.45, 7) is 4.81. The molecule has 1 aromatic heterocycles. The number of hydrogen-bond donors (Lipinski definition) is 1. The third-order valence-electron chi connectivity index (χ3n) is 3.54. The van der Waals surface area contributed by atoms with Gasteiger partial charge in [-0.1, -0.05) is 23.8 Å². The second kappa shape index (κ2) is 5.48. The second-order valence-electron chi connectivity index (χ2n) is 5.17. The van der Waals surface area contributed by atoms with E-state index in [0.717, 1.165) is 5.52 Å². The van der Waals surface area contributed by atoms with Gasteiger partial charge in [-0.3, -0.25) is 0 Å². The first-order chi connectivity index (χ1) is 10.1. The molecule has 3 nitrogen and oxygen atoms in total. The van der Waals surface area contributed by atoms with Gasteiger partial charge in [-0.2, -0.15) is 0 Å². The maximum atomic E-state index is 13.4. The second-order valence-corrected chi connectivity index (χ2v) is 5.17. The Bertz CT molecular complexity index is 799. The summed E-state index contributed by atoms with van der Waals surface area (Å²) in [5.41, 5.74) is 4.40. The number of fused-ring (bicyclic) bond motifs is 1. The fourth-order valence-electron chi connectivity index (χ4n) is 2.39. The Hall–Kier alpha value is -2.49. The molecule has 0 radical (unpaired) electrons. The summed E-state index contributed by atoms with van der Waals surface area (Å²) in [4.78, 5) is 8.37. The van der Waals surface area contributed by atoms with Crippen molar-refractivity contribution in [1.29, 1.82) is 0 Å². The number of aromatic nitrogens is 2. The van der Waals surface area contributed by atoms with E-state index < -0.39 is 0 Å². The van der Waals surface area contributed by atoms with Crippen LogP contribution >= 0.6 is 0 Å². The van der Waals surface area contributed by atoms with Crippen LogP contribution in [0.25, 0.3) is 10.9 Å². The Morgan fingerprint density at radius 2 is 1.90 bits per heavy atom. The van der Waals surface area contributed by atoms with Gasteiger partial charge in [0.15, 0.2) is 0 Å². The summed E-state index contributed by atoms with van der Waals surface area (Å²) in [6.07, 6.45) is 1.49. The van der Waals surface area contributed by atoms with E-state index in [-0.39, 0.29) is 5.82 Å². The van der Waals surface area contributed by atoms with Gasteiger partial charge in [0.05, 0.1) is 5.52 Å². The lowest BCUT2D eigenvalue weighted by molar-refractivity contribution is 0.629. The molecule has 0 bridgehead atoms. The van der Waals surface area contributed by atoms with E-state index in [9.17, 15) is 4.39 Å². The fourth-order valence-corrected chi connectivity index (χ4v) is 2.39. The van der Waals surface area contributed by atoms with E-state index in [1.807, 2.05) is 0 Å². The first kappa shape index (κ1) is 13.5. The van der Waals surface area contributed by atoms with Gasteiger partial charge in [-0.05, 0) is 43.2 Å². The summed E-state index contributed by atoms with van der Waals surface area (Å²) in [6, 6.07) is 10.9. The Morgan fingerprint density at radius 3 is 2.71 bits per heavy atom. The highest BCUT2D eigenvalue weighted by Crippen LogP contribution is 2.21. The molecule has 0 saturated heterocycles. The number of anilines is 1. The molecular weight excluding hydrogens is 265 g/mol. The first-order valence-electron chi connectivity index (χ1n) is 6.84. The van der Waals surface area contributed by atoms with Gasteiger partial charge >= 0.3 is 0 Å². The lowest BCUT2D eigenvalue weighted by atomic mass is 10.1. The average Bonchev–Trinajstić information content (AvgIpc) is 2.46. The lowest BCUT2D eigenvalue weighted by Crippen LogP contribution is -2.04. The highest BCUT2D eigenvalue weighted by Gasteiger charge is 2.05. The van der Waals surface area contributed by atoms with Crippen LogP contribution in [0.1, 0.15) is 16.7 Å². The van der Waals surface area contributed by atoms with Gasteiger partial charge in [0.25, 0.3) is 0 Å². The van der Waals surface area contributed by atoms with Crippen LogP contribution in [0.15, 0.2) is 42.7 Å². The van der Waals surface area contributed by atoms with Crippen LogP contribution in [0, 0.1) is 19.7 Å². The zero-order valence-electron chi connectivity index (χ0n) is 12.0. The summed E-state index contributed by atoms with van der Waals surface area (Å²) in [5, 5.41) is 3.97. The molecule has 3 rings (SSSR count). The van der Waals surface area contributed by atoms with Gasteiger partial charge in [0, 0.05) is 11.9 Å². The van der Waals surface area contributed by atoms with Crippen molar-refractivity contribution < 1.29 is 4.39 Å². The summed E-state index contributed by atoms with van der Waals surface area (Å²) < 4.78 is 13.4. The highest BCUT2D eigenvalue weighted by molar-refractivity contribution is 5.88. The monoisotopic (exact) mass is 281 g/mol. The molecule has 1 heterocycles. The van der Waals surface area contributed by atoms with Crippen molar-refractivity contribution in [2.75, 3.05) is 5.32 Å². The van der Waals surface area contributed by atoms with E-state index in [2.05, 4.69) is 47.3 Å². The van der Waals surface area contributed by atoms with Gasteiger partial charge < -0.3 is 5.32 Å². The van der Waals surface area contributed by atoms with Crippen LogP contribution in [0.2, 0.25) is 0 Å². The SMILES string of the molecule is Cc1ccc(CNc2ncnc3ccc(F)cc23)c(C)c1. The molecule has 0 amide bonds. The van der Waals surface area contributed by atoms with Crippen LogP contribution in [0.5, 0.6) is 0 Å². The molecule has 0 aliphatic rings. The van der Waals surface area contributed by atoms with Crippen LogP contribution < -0.4 is 5.32 Å². The average molecular weight is 281 g/mol. The molecule has 0 fully saturated rings. The molecule has 2 aromatic carbocycles. The molecule has 0 aliphatic heterocycles. The zero-order valence-corrected chi connectivity index (χ0v) is 12.0. The maximum absolute atomic E-state index is 13.4. The topological polar surface area (TPSA) is 37.8 Å². The Kier molecular flexibility index (Phi) is 3.52. The van der Waals surface area contributed by atoms with Crippen LogP contribution in [-0.2, 0) is 6.54 Å². The van der Waals surface area contributed by atoms with Crippen molar-refractivity contribution in [1.82, 2.24) is 9.97 Å². The zero-order chi connectivity index (χ0) is 14.8. The number of aryl methyl sites for hydroxylation is 2. The van der Waals surface area contributed by atoms with E-state index in [4.69, 9.17) is 0 Å². The van der Waals surface area contributed by atoms with Crippen molar-refractivity contribution in [3.8, 4) is 0 Å². The van der Waals surface area contributed by atoms with Gasteiger partial charge in [-0.15, -0.1) is 0 Å². The van der Waals surface area contributed by atoms with Crippen LogP contribution in [0.3, 0.4) is 0 Å². The van der Waals surface area contributed by atoms with Crippen molar-refractivity contribution in [3.05, 3.63) is 65.2 Å². The highest BCUT2D eigenvalue weighted by atomic mass is 19.1. The number of hydrogen-bond acceptors (Lipinski definition) is 3.